The lowest BCUT2D eigenvalue weighted by Gasteiger charge is -2.14. The van der Waals surface area contributed by atoms with E-state index in [1.54, 1.807) is 18.2 Å². The highest BCUT2D eigenvalue weighted by atomic mass is 32.2. The maximum atomic E-state index is 12.4. The van der Waals surface area contributed by atoms with Crippen LogP contribution in [0, 0.1) is 0 Å². The third-order valence-corrected chi connectivity index (χ3v) is 7.31. The van der Waals surface area contributed by atoms with Gasteiger partial charge in [0.2, 0.25) is 0 Å². The smallest absolute Gasteiger partial charge is 0.408 e. The molecule has 188 valence electrons. The Kier molecular flexibility index (Phi) is 6.54. The van der Waals surface area contributed by atoms with Crippen molar-refractivity contribution in [1.82, 2.24) is 10.6 Å². The number of sulfone groups is 1. The van der Waals surface area contributed by atoms with E-state index < -0.39 is 21.8 Å². The first-order valence-electron chi connectivity index (χ1n) is 11.6. The van der Waals surface area contributed by atoms with Gasteiger partial charge in [0.1, 0.15) is 12.4 Å². The van der Waals surface area contributed by atoms with Crippen molar-refractivity contribution < 1.29 is 27.2 Å². The second-order valence-electron chi connectivity index (χ2n) is 8.65. The van der Waals surface area contributed by atoms with Crippen molar-refractivity contribution >= 4 is 21.8 Å². The van der Waals surface area contributed by atoms with Crippen molar-refractivity contribution in [1.29, 1.82) is 0 Å². The fraction of sp³-hybridized carbons (Fsp3) is 0.143. The van der Waals surface area contributed by atoms with Gasteiger partial charge in [0.05, 0.1) is 11.6 Å². The summed E-state index contributed by atoms with van der Waals surface area (Å²) >= 11 is 0. The quantitative estimate of drug-likeness (QED) is 0.348. The molecule has 8 nitrogen and oxygen atoms in total. The van der Waals surface area contributed by atoms with E-state index in [-0.39, 0.29) is 29.8 Å². The Labute approximate surface area is 214 Å². The predicted molar refractivity (Wildman–Crippen MR) is 138 cm³/mol. The molecule has 1 aliphatic rings. The second-order valence-corrected chi connectivity index (χ2v) is 10.7. The van der Waals surface area contributed by atoms with E-state index in [1.165, 1.54) is 18.2 Å². The summed E-state index contributed by atoms with van der Waals surface area (Å²) in [5.41, 5.74) is 5.03. The molecule has 0 spiro atoms. The van der Waals surface area contributed by atoms with Gasteiger partial charge in [-0.1, -0.05) is 60.7 Å². The minimum absolute atomic E-state index is 0.0223. The molecule has 1 heterocycles. The molecule has 0 radical (unpaired) electrons. The Morgan fingerprint density at radius 2 is 1.54 bits per heavy atom. The Morgan fingerprint density at radius 1 is 0.865 bits per heavy atom. The van der Waals surface area contributed by atoms with Gasteiger partial charge in [-0.3, -0.25) is 4.79 Å². The SMILES string of the molecule is CS(=O)(=O)c1cccc(-c2ccc(C(=O)NCNC(=O)OCC3c4ccccc4-c4ccccc43)o2)c1. The molecule has 0 aliphatic heterocycles. The molecule has 9 heteroatoms. The Morgan fingerprint density at radius 3 is 2.22 bits per heavy atom. The van der Waals surface area contributed by atoms with Crippen LogP contribution in [0.3, 0.4) is 0 Å². The monoisotopic (exact) mass is 516 g/mol. The predicted octanol–water partition coefficient (Wildman–Crippen LogP) is 4.58. The van der Waals surface area contributed by atoms with Gasteiger partial charge in [-0.15, -0.1) is 0 Å². The van der Waals surface area contributed by atoms with Gasteiger partial charge < -0.3 is 19.8 Å². The molecule has 1 aromatic heterocycles. The van der Waals surface area contributed by atoms with Crippen LogP contribution in [-0.4, -0.2) is 39.9 Å². The maximum Gasteiger partial charge on any atom is 0.408 e. The summed E-state index contributed by atoms with van der Waals surface area (Å²) in [6.07, 6.45) is 0.469. The zero-order valence-corrected chi connectivity index (χ0v) is 20.7. The molecule has 0 fully saturated rings. The van der Waals surface area contributed by atoms with E-state index in [2.05, 4.69) is 22.8 Å². The lowest BCUT2D eigenvalue weighted by Crippen LogP contribution is -2.37. The number of rotatable bonds is 7. The van der Waals surface area contributed by atoms with Gasteiger partial charge in [-0.05, 0) is 46.5 Å². The third kappa shape index (κ3) is 5.12. The zero-order chi connectivity index (χ0) is 26.0. The second kappa shape index (κ2) is 9.94. The van der Waals surface area contributed by atoms with Crippen LogP contribution in [-0.2, 0) is 14.6 Å². The van der Waals surface area contributed by atoms with Gasteiger partial charge >= 0.3 is 6.09 Å². The van der Waals surface area contributed by atoms with Crippen LogP contribution in [0.25, 0.3) is 22.5 Å². The minimum atomic E-state index is -3.38. The first-order chi connectivity index (χ1) is 17.8. The van der Waals surface area contributed by atoms with Crippen molar-refractivity contribution in [2.75, 3.05) is 19.5 Å². The van der Waals surface area contributed by atoms with Gasteiger partial charge in [0.15, 0.2) is 15.6 Å². The summed E-state index contributed by atoms with van der Waals surface area (Å²) in [5.74, 6) is -0.228. The average molecular weight is 517 g/mol. The molecular formula is C28H24N2O6S. The van der Waals surface area contributed by atoms with Gasteiger partial charge in [-0.2, -0.15) is 0 Å². The molecule has 1 aliphatic carbocycles. The average Bonchev–Trinajstić information content (AvgIpc) is 3.51. The summed E-state index contributed by atoms with van der Waals surface area (Å²) < 4.78 is 34.6. The van der Waals surface area contributed by atoms with Crippen LogP contribution >= 0.6 is 0 Å². The molecule has 5 rings (SSSR count). The number of hydrogen-bond acceptors (Lipinski definition) is 6. The topological polar surface area (TPSA) is 115 Å². The Bertz CT molecular complexity index is 1550. The van der Waals surface area contributed by atoms with E-state index in [9.17, 15) is 18.0 Å². The van der Waals surface area contributed by atoms with Crippen LogP contribution in [0.1, 0.15) is 27.6 Å². The van der Waals surface area contributed by atoms with Crippen LogP contribution in [0.4, 0.5) is 4.79 Å². The molecule has 3 aromatic carbocycles. The third-order valence-electron chi connectivity index (χ3n) is 6.20. The highest BCUT2D eigenvalue weighted by Gasteiger charge is 2.29. The number of amides is 2. The number of fused-ring (bicyclic) bond motifs is 3. The first-order valence-corrected chi connectivity index (χ1v) is 13.5. The number of carbonyl (C=O) groups excluding carboxylic acids is 2. The number of nitrogens with one attached hydrogen (secondary N) is 2. The summed E-state index contributed by atoms with van der Waals surface area (Å²) in [4.78, 5) is 24.9. The fourth-order valence-corrected chi connectivity index (χ4v) is 5.10. The molecule has 0 saturated carbocycles. The van der Waals surface area contributed by atoms with E-state index in [1.807, 2.05) is 36.4 Å². The molecule has 0 saturated heterocycles. The van der Waals surface area contributed by atoms with Crippen LogP contribution in [0.15, 0.2) is 94.2 Å². The number of ether oxygens (including phenoxy) is 1. The van der Waals surface area contributed by atoms with Crippen molar-refractivity contribution in [2.24, 2.45) is 0 Å². The van der Waals surface area contributed by atoms with Crippen LogP contribution < -0.4 is 10.6 Å². The summed E-state index contributed by atoms with van der Waals surface area (Å²) in [7, 11) is -3.38. The molecule has 0 bridgehead atoms. The standard InChI is InChI=1S/C28H24N2O6S/c1-37(33,34)19-8-6-7-18(15-19)25-13-14-26(36-25)27(31)29-17-30-28(32)35-16-24-22-11-4-2-9-20(22)21-10-3-5-12-23(21)24/h2-15,24H,16-17H2,1H3,(H,29,31)(H,30,32). The van der Waals surface area contributed by atoms with Crippen molar-refractivity contribution in [3.8, 4) is 22.5 Å². The van der Waals surface area contributed by atoms with Crippen molar-refractivity contribution in [3.63, 3.8) is 0 Å². The van der Waals surface area contributed by atoms with Crippen molar-refractivity contribution in [3.05, 3.63) is 102 Å². The molecule has 0 unspecified atom stereocenters. The number of alkyl carbamates (subject to hydrolysis) is 1. The minimum Gasteiger partial charge on any atom is -0.451 e. The Balaban J connectivity index is 1.14. The number of carbonyl (C=O) groups is 2. The summed E-state index contributed by atoms with van der Waals surface area (Å²) in [5, 5.41) is 5.07. The van der Waals surface area contributed by atoms with Gasteiger partial charge in [0, 0.05) is 17.7 Å². The Hall–Kier alpha value is -4.37. The fourth-order valence-electron chi connectivity index (χ4n) is 4.43. The molecule has 37 heavy (non-hydrogen) atoms. The highest BCUT2D eigenvalue weighted by Crippen LogP contribution is 2.44. The lowest BCUT2D eigenvalue weighted by molar-refractivity contribution is 0.0921. The largest absolute Gasteiger partial charge is 0.451 e. The molecule has 2 amide bonds. The van der Waals surface area contributed by atoms with Crippen LogP contribution in [0.5, 0.6) is 0 Å². The molecule has 4 aromatic rings. The number of benzene rings is 3. The van der Waals surface area contributed by atoms with Gasteiger partial charge in [0.25, 0.3) is 5.91 Å². The summed E-state index contributed by atoms with van der Waals surface area (Å²) in [6, 6.07) is 25.4. The first kappa shape index (κ1) is 24.3. The van der Waals surface area contributed by atoms with E-state index in [0.717, 1.165) is 28.5 Å². The number of hydrogen-bond donors (Lipinski definition) is 2. The lowest BCUT2D eigenvalue weighted by atomic mass is 9.98. The van der Waals surface area contributed by atoms with Crippen molar-refractivity contribution in [2.45, 2.75) is 10.8 Å². The van der Waals surface area contributed by atoms with E-state index >= 15 is 0 Å². The molecule has 2 N–H and O–H groups in total. The van der Waals surface area contributed by atoms with Crippen LogP contribution in [0.2, 0.25) is 0 Å². The normalized spacial score (nSPS) is 12.5. The van der Waals surface area contributed by atoms with Gasteiger partial charge in [-0.25, -0.2) is 13.2 Å². The molecular weight excluding hydrogens is 492 g/mol. The zero-order valence-electron chi connectivity index (χ0n) is 19.9. The van der Waals surface area contributed by atoms with E-state index in [4.69, 9.17) is 9.15 Å². The maximum absolute atomic E-state index is 12.4. The molecule has 0 atom stereocenters. The number of furan rings is 1. The highest BCUT2D eigenvalue weighted by molar-refractivity contribution is 7.90. The summed E-state index contributed by atoms with van der Waals surface area (Å²) in [6.45, 7) is 0.0109. The van der Waals surface area contributed by atoms with E-state index in [0.29, 0.717) is 11.3 Å².